The zero-order valence-electron chi connectivity index (χ0n) is 21.8. The summed E-state index contributed by atoms with van der Waals surface area (Å²) in [5.74, 6) is -0.307. The van der Waals surface area contributed by atoms with Crippen LogP contribution in [0.3, 0.4) is 0 Å². The second kappa shape index (κ2) is 12.7. The summed E-state index contributed by atoms with van der Waals surface area (Å²) in [4.78, 5) is 28.3. The highest BCUT2D eigenvalue weighted by atomic mass is 35.5. The highest BCUT2D eigenvalue weighted by Crippen LogP contribution is 2.48. The number of carbonyl (C=O) groups is 2. The molecule has 1 N–H and O–H groups in total. The highest BCUT2D eigenvalue weighted by molar-refractivity contribution is 8.00. The van der Waals surface area contributed by atoms with Crippen molar-refractivity contribution in [3.05, 3.63) is 101 Å². The number of benzene rings is 3. The minimum atomic E-state index is -0.360. The number of rotatable bonds is 9. The number of ether oxygens (including phenoxy) is 1. The van der Waals surface area contributed by atoms with Crippen molar-refractivity contribution in [2.45, 2.75) is 11.7 Å². The predicted octanol–water partition coefficient (Wildman–Crippen LogP) is 5.65. The lowest BCUT2D eigenvalue weighted by atomic mass is 9.99. The van der Waals surface area contributed by atoms with Gasteiger partial charge in [0.15, 0.2) is 0 Å². The number of halogens is 2. The predicted molar refractivity (Wildman–Crippen MR) is 157 cm³/mol. The molecule has 0 bridgehead atoms. The lowest BCUT2D eigenvalue weighted by Crippen LogP contribution is -2.42. The monoisotopic (exact) mass is 578 g/mol. The summed E-state index contributed by atoms with van der Waals surface area (Å²) in [6.07, 6.45) is 0.652. The molecule has 3 aromatic carbocycles. The van der Waals surface area contributed by atoms with Gasteiger partial charge in [-0.2, -0.15) is 5.10 Å². The Morgan fingerprint density at radius 1 is 1.10 bits per heavy atom. The zero-order valence-corrected chi connectivity index (χ0v) is 23.4. The van der Waals surface area contributed by atoms with Crippen LogP contribution in [0.25, 0.3) is 16.9 Å². The van der Waals surface area contributed by atoms with Crippen LogP contribution >= 0.6 is 23.4 Å². The number of amides is 2. The summed E-state index contributed by atoms with van der Waals surface area (Å²) in [5, 5.41) is 7.97. The van der Waals surface area contributed by atoms with Gasteiger partial charge in [0.2, 0.25) is 11.8 Å². The fourth-order valence-electron chi connectivity index (χ4n) is 4.66. The van der Waals surface area contributed by atoms with Gasteiger partial charge in [-0.15, -0.1) is 11.8 Å². The number of fused-ring (bicyclic) bond motifs is 1. The van der Waals surface area contributed by atoms with E-state index in [-0.39, 0.29) is 35.2 Å². The zero-order chi connectivity index (χ0) is 28.1. The van der Waals surface area contributed by atoms with Crippen LogP contribution < -0.4 is 10.2 Å². The summed E-state index contributed by atoms with van der Waals surface area (Å²) >= 11 is 8.08. The van der Waals surface area contributed by atoms with Crippen molar-refractivity contribution >= 4 is 41.0 Å². The number of hydrogen-bond donors (Lipinski definition) is 1. The Hall–Kier alpha value is -3.66. The molecule has 0 saturated heterocycles. The van der Waals surface area contributed by atoms with Crippen molar-refractivity contribution in [3.8, 4) is 16.9 Å². The molecule has 0 saturated carbocycles. The summed E-state index contributed by atoms with van der Waals surface area (Å²) in [6.45, 7) is 0.746. The van der Waals surface area contributed by atoms with Gasteiger partial charge in [-0.3, -0.25) is 14.5 Å². The average molecular weight is 579 g/mol. The number of nitrogens with zero attached hydrogens (tertiary/aromatic N) is 3. The van der Waals surface area contributed by atoms with Gasteiger partial charge in [-0.25, -0.2) is 9.07 Å². The Balaban J connectivity index is 1.72. The second-order valence-corrected chi connectivity index (χ2v) is 10.7. The fraction of sp³-hybridized carbons (Fsp3) is 0.233. The molecule has 40 heavy (non-hydrogen) atoms. The van der Waals surface area contributed by atoms with Crippen molar-refractivity contribution in [1.82, 2.24) is 15.1 Å². The summed E-state index contributed by atoms with van der Waals surface area (Å²) in [6, 6.07) is 23.2. The molecule has 1 atom stereocenters. The number of carbonyl (C=O) groups excluding carboxylic acids is 2. The second-order valence-electron chi connectivity index (χ2n) is 9.23. The molecule has 0 radical (unpaired) electrons. The highest BCUT2D eigenvalue weighted by Gasteiger charge is 2.38. The van der Waals surface area contributed by atoms with Gasteiger partial charge in [0.25, 0.3) is 0 Å². The molecular formula is C30H28ClFN4O3S. The molecule has 1 aromatic heterocycles. The smallest absolute Gasteiger partial charge is 0.240 e. The van der Waals surface area contributed by atoms with Crippen LogP contribution in [0.1, 0.15) is 22.8 Å². The standard InChI is InChI=1S/C30H28ClFN4O3S/c1-39-17-7-16-33-25(37)18-35-26(38)19-40-29(21-12-14-22(32)15-13-21)27-28(20-8-3-2-4-9-20)34-36(30(27)35)24-11-6-5-10-23(24)31/h2-6,8-15,29H,7,16-19H2,1H3,(H,33,37). The molecule has 0 fully saturated rings. The first-order chi connectivity index (χ1) is 19.5. The van der Waals surface area contributed by atoms with Gasteiger partial charge in [-0.1, -0.05) is 66.2 Å². The Bertz CT molecular complexity index is 1500. The van der Waals surface area contributed by atoms with E-state index in [9.17, 15) is 14.0 Å². The first-order valence-corrected chi connectivity index (χ1v) is 14.3. The minimum absolute atomic E-state index is 0.116. The Morgan fingerprint density at radius 3 is 2.55 bits per heavy atom. The fourth-order valence-corrected chi connectivity index (χ4v) is 6.08. The van der Waals surface area contributed by atoms with Crippen molar-refractivity contribution in [2.75, 3.05) is 37.5 Å². The quantitative estimate of drug-likeness (QED) is 0.260. The van der Waals surface area contributed by atoms with Gasteiger partial charge in [0.1, 0.15) is 18.2 Å². The number of anilines is 1. The molecule has 1 aliphatic heterocycles. The van der Waals surface area contributed by atoms with E-state index in [4.69, 9.17) is 21.4 Å². The molecule has 10 heteroatoms. The third-order valence-corrected chi connectivity index (χ3v) is 8.11. The van der Waals surface area contributed by atoms with Crippen molar-refractivity contribution in [3.63, 3.8) is 0 Å². The van der Waals surface area contributed by atoms with Crippen LogP contribution in [0.15, 0.2) is 78.9 Å². The molecule has 1 unspecified atom stereocenters. The lowest BCUT2D eigenvalue weighted by Gasteiger charge is -2.23. The van der Waals surface area contributed by atoms with E-state index >= 15 is 0 Å². The van der Waals surface area contributed by atoms with Crippen LogP contribution in [-0.2, 0) is 14.3 Å². The SMILES string of the molecule is COCCCNC(=O)CN1C(=O)CSC(c2ccc(F)cc2)c2c(-c3ccccc3)nn(-c3ccccc3Cl)c21. The Kier molecular flexibility index (Phi) is 8.84. The largest absolute Gasteiger partial charge is 0.385 e. The normalized spacial score (nSPS) is 15.0. The third kappa shape index (κ3) is 5.91. The molecule has 4 aromatic rings. The number of para-hydroxylation sites is 1. The van der Waals surface area contributed by atoms with E-state index in [1.165, 1.54) is 28.8 Å². The number of methoxy groups -OCH3 is 1. The Labute approximate surface area is 241 Å². The van der Waals surface area contributed by atoms with Gasteiger partial charge in [0, 0.05) is 31.4 Å². The molecule has 2 heterocycles. The van der Waals surface area contributed by atoms with Crippen molar-refractivity contribution in [2.24, 2.45) is 0 Å². The first-order valence-electron chi connectivity index (χ1n) is 12.8. The number of aromatic nitrogens is 2. The maximum Gasteiger partial charge on any atom is 0.240 e. The third-order valence-electron chi connectivity index (χ3n) is 6.54. The van der Waals surface area contributed by atoms with E-state index in [1.807, 2.05) is 48.5 Å². The van der Waals surface area contributed by atoms with Crippen LogP contribution in [-0.4, -0.2) is 54.2 Å². The van der Waals surface area contributed by atoms with Gasteiger partial charge < -0.3 is 10.1 Å². The number of nitrogens with one attached hydrogen (secondary N) is 1. The van der Waals surface area contributed by atoms with Crippen LogP contribution in [0, 0.1) is 5.82 Å². The molecule has 7 nitrogen and oxygen atoms in total. The average Bonchev–Trinajstić information content (AvgIpc) is 3.29. The van der Waals surface area contributed by atoms with E-state index in [0.29, 0.717) is 41.8 Å². The first kappa shape index (κ1) is 27.9. The maximum absolute atomic E-state index is 13.9. The maximum atomic E-state index is 13.9. The summed E-state index contributed by atoms with van der Waals surface area (Å²) in [5.41, 5.74) is 3.64. The molecule has 0 spiro atoms. The van der Waals surface area contributed by atoms with Crippen molar-refractivity contribution < 1.29 is 18.7 Å². The van der Waals surface area contributed by atoms with E-state index in [1.54, 1.807) is 30.0 Å². The van der Waals surface area contributed by atoms with E-state index in [2.05, 4.69) is 5.32 Å². The molecule has 5 rings (SSSR count). The van der Waals surface area contributed by atoms with Gasteiger partial charge >= 0.3 is 0 Å². The summed E-state index contributed by atoms with van der Waals surface area (Å²) < 4.78 is 20.6. The van der Waals surface area contributed by atoms with E-state index < -0.39 is 0 Å². The van der Waals surface area contributed by atoms with Gasteiger partial charge in [0.05, 0.1) is 27.4 Å². The van der Waals surface area contributed by atoms with Crippen LogP contribution in [0.4, 0.5) is 10.2 Å². The van der Waals surface area contributed by atoms with Gasteiger partial charge in [-0.05, 0) is 36.2 Å². The molecule has 206 valence electrons. The number of hydrogen-bond acceptors (Lipinski definition) is 5. The van der Waals surface area contributed by atoms with E-state index in [0.717, 1.165) is 16.7 Å². The molecule has 1 aliphatic rings. The number of thioether (sulfide) groups is 1. The minimum Gasteiger partial charge on any atom is -0.385 e. The molecular weight excluding hydrogens is 551 g/mol. The molecule has 0 aliphatic carbocycles. The lowest BCUT2D eigenvalue weighted by molar-refractivity contribution is -0.122. The van der Waals surface area contributed by atoms with Crippen LogP contribution in [0.2, 0.25) is 5.02 Å². The summed E-state index contributed by atoms with van der Waals surface area (Å²) in [7, 11) is 1.61. The topological polar surface area (TPSA) is 76.5 Å². The van der Waals surface area contributed by atoms with Crippen LogP contribution in [0.5, 0.6) is 0 Å². The molecule has 2 amide bonds. The van der Waals surface area contributed by atoms with Crippen molar-refractivity contribution in [1.29, 1.82) is 0 Å². The Morgan fingerprint density at radius 2 is 1.82 bits per heavy atom.